The number of benzene rings is 1. The van der Waals surface area contributed by atoms with Gasteiger partial charge in [-0.05, 0) is 30.9 Å². The number of rotatable bonds is 8. The highest BCUT2D eigenvalue weighted by molar-refractivity contribution is 5.91. The minimum Gasteiger partial charge on any atom is -0.478 e. The Hall–Kier alpha value is -2.41. The molecule has 0 bridgehead atoms. The zero-order valence-electron chi connectivity index (χ0n) is 15.1. The van der Waals surface area contributed by atoms with Crippen molar-refractivity contribution in [1.82, 2.24) is 10.2 Å². The van der Waals surface area contributed by atoms with E-state index < -0.39 is 5.97 Å². The normalized spacial score (nSPS) is 14.9. The van der Waals surface area contributed by atoms with E-state index in [0.717, 1.165) is 6.42 Å². The molecule has 2 amide bonds. The molecule has 7 nitrogen and oxygen atoms in total. The highest BCUT2D eigenvalue weighted by Crippen LogP contribution is 2.19. The molecule has 1 saturated heterocycles. The molecule has 26 heavy (non-hydrogen) atoms. The second kappa shape index (κ2) is 9.91. The number of hydrogen-bond acceptors (Lipinski definition) is 4. The smallest absolute Gasteiger partial charge is 0.335 e. The summed E-state index contributed by atoms with van der Waals surface area (Å²) in [7, 11) is 1.63. The third kappa shape index (κ3) is 5.56. The van der Waals surface area contributed by atoms with E-state index in [9.17, 15) is 19.5 Å². The van der Waals surface area contributed by atoms with E-state index >= 15 is 0 Å². The Labute approximate surface area is 153 Å². The van der Waals surface area contributed by atoms with Crippen molar-refractivity contribution in [3.63, 3.8) is 0 Å². The number of carboxylic acid groups (broad SMARTS) is 1. The second-order valence-corrected chi connectivity index (χ2v) is 6.43. The summed E-state index contributed by atoms with van der Waals surface area (Å²) in [4.78, 5) is 37.6. The lowest BCUT2D eigenvalue weighted by atomic mass is 9.95. The van der Waals surface area contributed by atoms with Gasteiger partial charge in [-0.2, -0.15) is 0 Å². The number of nitrogens with zero attached hydrogens (tertiary/aromatic N) is 1. The average Bonchev–Trinajstić information content (AvgIpc) is 2.65. The Morgan fingerprint density at radius 3 is 2.58 bits per heavy atom. The molecule has 1 aromatic rings. The minimum atomic E-state index is -1.03. The lowest BCUT2D eigenvalue weighted by Gasteiger charge is -2.31. The van der Waals surface area contributed by atoms with Gasteiger partial charge in [-0.1, -0.05) is 18.2 Å². The molecule has 1 heterocycles. The molecule has 0 saturated carbocycles. The summed E-state index contributed by atoms with van der Waals surface area (Å²) in [6.07, 6.45) is 2.10. The zero-order chi connectivity index (χ0) is 18.9. The van der Waals surface area contributed by atoms with Crippen molar-refractivity contribution < 1.29 is 24.2 Å². The van der Waals surface area contributed by atoms with Gasteiger partial charge < -0.3 is 20.1 Å². The van der Waals surface area contributed by atoms with E-state index in [1.807, 2.05) is 0 Å². The lowest BCUT2D eigenvalue weighted by Crippen LogP contribution is -2.43. The summed E-state index contributed by atoms with van der Waals surface area (Å²) in [5, 5.41) is 12.1. The van der Waals surface area contributed by atoms with Crippen molar-refractivity contribution in [3.05, 3.63) is 35.4 Å². The SMILES string of the molecule is COCCCNC(=O)C1CCN(C(=O)Cc2ccccc2C(=O)O)CC1. The summed E-state index contributed by atoms with van der Waals surface area (Å²) in [5.41, 5.74) is 0.675. The van der Waals surface area contributed by atoms with Gasteiger partial charge in [-0.3, -0.25) is 9.59 Å². The van der Waals surface area contributed by atoms with Crippen LogP contribution in [0.15, 0.2) is 24.3 Å². The van der Waals surface area contributed by atoms with Crippen LogP contribution in [0, 0.1) is 5.92 Å². The number of hydrogen-bond donors (Lipinski definition) is 2. The van der Waals surface area contributed by atoms with Crippen molar-refractivity contribution in [2.45, 2.75) is 25.7 Å². The Balaban J connectivity index is 1.81. The fourth-order valence-corrected chi connectivity index (χ4v) is 3.12. The first kappa shape index (κ1) is 19.9. The maximum absolute atomic E-state index is 12.5. The molecular weight excluding hydrogens is 336 g/mol. The number of amides is 2. The van der Waals surface area contributed by atoms with Crippen LogP contribution in [0.3, 0.4) is 0 Å². The van der Waals surface area contributed by atoms with Gasteiger partial charge in [0.25, 0.3) is 0 Å². The number of methoxy groups -OCH3 is 1. The molecule has 1 aliphatic rings. The van der Waals surface area contributed by atoms with Crippen LogP contribution < -0.4 is 5.32 Å². The first-order valence-corrected chi connectivity index (χ1v) is 8.88. The number of carbonyl (C=O) groups is 3. The summed E-state index contributed by atoms with van der Waals surface area (Å²) in [6.45, 7) is 2.25. The van der Waals surface area contributed by atoms with Crippen molar-refractivity contribution >= 4 is 17.8 Å². The number of likely N-dealkylation sites (tertiary alicyclic amines) is 1. The van der Waals surface area contributed by atoms with Crippen molar-refractivity contribution in [3.8, 4) is 0 Å². The topological polar surface area (TPSA) is 95.9 Å². The van der Waals surface area contributed by atoms with Gasteiger partial charge >= 0.3 is 5.97 Å². The van der Waals surface area contributed by atoms with Gasteiger partial charge in [0, 0.05) is 39.3 Å². The molecule has 2 N–H and O–H groups in total. The highest BCUT2D eigenvalue weighted by atomic mass is 16.5. The predicted octanol–water partition coefficient (Wildman–Crippen LogP) is 1.32. The molecular formula is C19H26N2O5. The monoisotopic (exact) mass is 362 g/mol. The van der Waals surface area contributed by atoms with Crippen LogP contribution in [0.25, 0.3) is 0 Å². The maximum Gasteiger partial charge on any atom is 0.335 e. The van der Waals surface area contributed by atoms with E-state index in [1.54, 1.807) is 30.2 Å². The molecule has 0 aromatic heterocycles. The standard InChI is InChI=1S/C19H26N2O5/c1-26-12-4-9-20-18(23)14-7-10-21(11-8-14)17(22)13-15-5-2-3-6-16(15)19(24)25/h2-3,5-6,14H,4,7-13H2,1H3,(H,20,23)(H,24,25). The van der Waals surface area contributed by atoms with Gasteiger partial charge in [0.05, 0.1) is 12.0 Å². The summed E-state index contributed by atoms with van der Waals surface area (Å²) < 4.78 is 4.95. The number of carbonyl (C=O) groups excluding carboxylic acids is 2. The van der Waals surface area contributed by atoms with E-state index in [2.05, 4.69) is 5.32 Å². The molecule has 0 spiro atoms. The molecule has 1 aliphatic heterocycles. The van der Waals surface area contributed by atoms with Crippen LogP contribution in [-0.4, -0.2) is 61.1 Å². The van der Waals surface area contributed by atoms with Gasteiger partial charge in [0.2, 0.25) is 11.8 Å². The van der Waals surface area contributed by atoms with Crippen LogP contribution in [0.2, 0.25) is 0 Å². The second-order valence-electron chi connectivity index (χ2n) is 6.43. The van der Waals surface area contributed by atoms with E-state index in [-0.39, 0.29) is 29.7 Å². The summed E-state index contributed by atoms with van der Waals surface area (Å²) in [6, 6.07) is 6.55. The van der Waals surface area contributed by atoms with Gasteiger partial charge in [-0.25, -0.2) is 4.79 Å². The highest BCUT2D eigenvalue weighted by Gasteiger charge is 2.27. The first-order valence-electron chi connectivity index (χ1n) is 8.88. The number of piperidine rings is 1. The molecule has 2 rings (SSSR count). The Bertz CT molecular complexity index is 639. The first-order chi connectivity index (χ1) is 12.5. The Morgan fingerprint density at radius 2 is 1.92 bits per heavy atom. The zero-order valence-corrected chi connectivity index (χ0v) is 15.1. The largest absolute Gasteiger partial charge is 0.478 e. The average molecular weight is 362 g/mol. The van der Waals surface area contributed by atoms with Crippen molar-refractivity contribution in [1.29, 1.82) is 0 Å². The van der Waals surface area contributed by atoms with Crippen molar-refractivity contribution in [2.24, 2.45) is 5.92 Å². The van der Waals surface area contributed by atoms with Crippen molar-refractivity contribution in [2.75, 3.05) is 33.4 Å². The van der Waals surface area contributed by atoms with E-state index in [0.29, 0.717) is 44.6 Å². The lowest BCUT2D eigenvalue weighted by molar-refractivity contribution is -0.135. The Morgan fingerprint density at radius 1 is 1.23 bits per heavy atom. The van der Waals surface area contributed by atoms with Gasteiger partial charge in [0.15, 0.2) is 0 Å². The minimum absolute atomic E-state index is 0.0319. The maximum atomic E-state index is 12.5. The Kier molecular flexibility index (Phi) is 7.59. The van der Waals surface area contributed by atoms with E-state index in [1.165, 1.54) is 6.07 Å². The molecule has 142 valence electrons. The number of aromatic carboxylic acids is 1. The third-order valence-corrected chi connectivity index (χ3v) is 4.63. The molecule has 0 radical (unpaired) electrons. The number of carboxylic acids is 1. The molecule has 0 aliphatic carbocycles. The van der Waals surface area contributed by atoms with Crippen LogP contribution in [0.5, 0.6) is 0 Å². The molecule has 1 aromatic carbocycles. The van der Waals surface area contributed by atoms with Gasteiger partial charge in [0.1, 0.15) is 0 Å². The summed E-state index contributed by atoms with van der Waals surface area (Å²) >= 11 is 0. The number of ether oxygens (including phenoxy) is 1. The summed E-state index contributed by atoms with van der Waals surface area (Å²) in [5.74, 6) is -1.17. The predicted molar refractivity (Wildman–Crippen MR) is 95.9 cm³/mol. The molecule has 1 fully saturated rings. The van der Waals surface area contributed by atoms with E-state index in [4.69, 9.17) is 4.74 Å². The van der Waals surface area contributed by atoms with Crippen LogP contribution >= 0.6 is 0 Å². The molecule has 0 atom stereocenters. The fourth-order valence-electron chi connectivity index (χ4n) is 3.12. The third-order valence-electron chi connectivity index (χ3n) is 4.63. The molecule has 7 heteroatoms. The fraction of sp³-hybridized carbons (Fsp3) is 0.526. The van der Waals surface area contributed by atoms with Gasteiger partial charge in [-0.15, -0.1) is 0 Å². The van der Waals surface area contributed by atoms with Crippen LogP contribution in [0.1, 0.15) is 35.2 Å². The van der Waals surface area contributed by atoms with Crippen LogP contribution in [-0.2, 0) is 20.7 Å². The molecule has 0 unspecified atom stereocenters. The van der Waals surface area contributed by atoms with Crippen LogP contribution in [0.4, 0.5) is 0 Å². The quantitative estimate of drug-likeness (QED) is 0.680. The number of nitrogens with one attached hydrogen (secondary N) is 1.